The Balaban J connectivity index is 2.30. The summed E-state index contributed by atoms with van der Waals surface area (Å²) in [5.41, 5.74) is 1.82. The summed E-state index contributed by atoms with van der Waals surface area (Å²) in [6.45, 7) is 6.37. The number of sulfonamides is 1. The average molecular weight is 377 g/mol. The van der Waals surface area contributed by atoms with Crippen molar-refractivity contribution in [3.63, 3.8) is 0 Å². The quantitative estimate of drug-likeness (QED) is 0.561. The van der Waals surface area contributed by atoms with Crippen LogP contribution in [0.5, 0.6) is 0 Å². The maximum Gasteiger partial charge on any atom is 0.274 e. The van der Waals surface area contributed by atoms with E-state index in [2.05, 4.69) is 5.32 Å². The van der Waals surface area contributed by atoms with Crippen LogP contribution in [-0.2, 0) is 16.6 Å². The predicted molar refractivity (Wildman–Crippen MR) is 102 cm³/mol. The minimum Gasteiger partial charge on any atom is -0.381 e. The van der Waals surface area contributed by atoms with Crippen molar-refractivity contribution in [2.75, 3.05) is 18.4 Å². The van der Waals surface area contributed by atoms with Gasteiger partial charge in [-0.3, -0.25) is 10.1 Å². The molecule has 2 rings (SSSR count). The second-order valence-corrected chi connectivity index (χ2v) is 7.72. The van der Waals surface area contributed by atoms with Gasteiger partial charge < -0.3 is 5.32 Å². The Morgan fingerprint density at radius 1 is 1.12 bits per heavy atom. The van der Waals surface area contributed by atoms with Crippen LogP contribution >= 0.6 is 0 Å². The minimum atomic E-state index is -3.57. The fraction of sp³-hybridized carbons (Fsp3) is 0.333. The Labute approximate surface area is 153 Å². The smallest absolute Gasteiger partial charge is 0.274 e. The minimum absolute atomic E-state index is 0.0306. The lowest BCUT2D eigenvalue weighted by atomic mass is 10.1. The molecule has 0 aromatic heterocycles. The first-order chi connectivity index (χ1) is 12.3. The molecule has 0 fully saturated rings. The van der Waals surface area contributed by atoms with Crippen LogP contribution in [0.2, 0.25) is 0 Å². The Kier molecular flexibility index (Phi) is 6.33. The Bertz CT molecular complexity index is 893. The molecule has 140 valence electrons. The molecule has 0 amide bonds. The summed E-state index contributed by atoms with van der Waals surface area (Å²) in [7, 11) is -3.57. The molecule has 0 aliphatic rings. The van der Waals surface area contributed by atoms with Crippen LogP contribution in [0.25, 0.3) is 0 Å². The monoisotopic (exact) mass is 377 g/mol. The van der Waals surface area contributed by atoms with Crippen molar-refractivity contribution in [3.05, 3.63) is 63.7 Å². The number of hydrogen-bond donors (Lipinski definition) is 1. The number of nitrogens with zero attached hydrogens (tertiary/aromatic N) is 2. The summed E-state index contributed by atoms with van der Waals surface area (Å²) in [5.74, 6) is 0. The number of aryl methyl sites for hydroxylation is 1. The lowest BCUT2D eigenvalue weighted by molar-refractivity contribution is -0.385. The number of hydrogen-bond acceptors (Lipinski definition) is 5. The zero-order valence-corrected chi connectivity index (χ0v) is 15.9. The van der Waals surface area contributed by atoms with Crippen LogP contribution in [0, 0.1) is 17.0 Å². The topological polar surface area (TPSA) is 92.6 Å². The highest BCUT2D eigenvalue weighted by Crippen LogP contribution is 2.25. The van der Waals surface area contributed by atoms with Gasteiger partial charge in [0.05, 0.1) is 9.82 Å². The highest BCUT2D eigenvalue weighted by atomic mass is 32.2. The molecule has 2 aromatic carbocycles. The third-order valence-corrected chi connectivity index (χ3v) is 6.37. The molecule has 0 aliphatic heterocycles. The van der Waals surface area contributed by atoms with Crippen molar-refractivity contribution in [2.45, 2.75) is 32.2 Å². The van der Waals surface area contributed by atoms with Gasteiger partial charge in [0.2, 0.25) is 10.0 Å². The molecule has 8 heteroatoms. The highest BCUT2D eigenvalue weighted by Gasteiger charge is 2.24. The van der Waals surface area contributed by atoms with Crippen LogP contribution in [-0.4, -0.2) is 30.7 Å². The average Bonchev–Trinajstić information content (AvgIpc) is 2.61. The Morgan fingerprint density at radius 3 is 2.38 bits per heavy atom. The van der Waals surface area contributed by atoms with Crippen molar-refractivity contribution < 1.29 is 13.3 Å². The number of anilines is 1. The molecule has 0 saturated heterocycles. The van der Waals surface area contributed by atoms with Crippen molar-refractivity contribution in [1.29, 1.82) is 0 Å². The molecule has 0 radical (unpaired) electrons. The molecule has 0 atom stereocenters. The van der Waals surface area contributed by atoms with E-state index >= 15 is 0 Å². The van der Waals surface area contributed by atoms with Gasteiger partial charge >= 0.3 is 0 Å². The third-order valence-electron chi connectivity index (χ3n) is 4.18. The zero-order valence-electron chi connectivity index (χ0n) is 15.1. The molecule has 26 heavy (non-hydrogen) atoms. The first kappa shape index (κ1) is 19.9. The second-order valence-electron chi connectivity index (χ2n) is 5.81. The number of rotatable bonds is 8. The molecule has 0 bridgehead atoms. The van der Waals surface area contributed by atoms with E-state index in [1.165, 1.54) is 10.4 Å². The van der Waals surface area contributed by atoms with Crippen LogP contribution in [0.3, 0.4) is 0 Å². The van der Waals surface area contributed by atoms with Crippen LogP contribution in [0.1, 0.15) is 25.0 Å². The first-order valence-electron chi connectivity index (χ1n) is 8.38. The standard InChI is InChI=1S/C18H23N3O4S/c1-4-20(5-2)26(24,25)18-12-16(11-10-14(18)3)19-13-15-8-6-7-9-17(15)21(22)23/h6-12,19H,4-5,13H2,1-3H3. The number of nitro groups is 1. The zero-order chi connectivity index (χ0) is 19.3. The Morgan fingerprint density at radius 2 is 1.77 bits per heavy atom. The fourth-order valence-corrected chi connectivity index (χ4v) is 4.44. The number of nitro benzene ring substituents is 1. The molecule has 0 aliphatic carbocycles. The van der Waals surface area contributed by atoms with Crippen molar-refractivity contribution in [1.82, 2.24) is 4.31 Å². The van der Waals surface area contributed by atoms with Gasteiger partial charge in [0.1, 0.15) is 0 Å². The van der Waals surface area contributed by atoms with E-state index in [0.717, 1.165) is 0 Å². The van der Waals surface area contributed by atoms with E-state index in [-0.39, 0.29) is 17.1 Å². The molecular formula is C18H23N3O4S. The second kappa shape index (κ2) is 8.29. The van der Waals surface area contributed by atoms with Crippen molar-refractivity contribution in [2.24, 2.45) is 0 Å². The van der Waals surface area contributed by atoms with Gasteiger partial charge in [-0.15, -0.1) is 0 Å². The van der Waals surface area contributed by atoms with Gasteiger partial charge in [0.25, 0.3) is 5.69 Å². The molecule has 0 unspecified atom stereocenters. The summed E-state index contributed by atoms with van der Waals surface area (Å²) in [5, 5.41) is 14.2. The van der Waals surface area contributed by atoms with E-state index < -0.39 is 14.9 Å². The van der Waals surface area contributed by atoms with E-state index in [0.29, 0.717) is 29.9 Å². The van der Waals surface area contributed by atoms with E-state index in [9.17, 15) is 18.5 Å². The maximum absolute atomic E-state index is 12.8. The third kappa shape index (κ3) is 4.20. The van der Waals surface area contributed by atoms with Gasteiger partial charge in [-0.25, -0.2) is 8.42 Å². The van der Waals surface area contributed by atoms with E-state index in [1.807, 2.05) is 0 Å². The van der Waals surface area contributed by atoms with Gasteiger partial charge in [0, 0.05) is 37.0 Å². The largest absolute Gasteiger partial charge is 0.381 e. The van der Waals surface area contributed by atoms with Gasteiger partial charge in [0.15, 0.2) is 0 Å². The molecule has 0 heterocycles. The number of benzene rings is 2. The lowest BCUT2D eigenvalue weighted by Crippen LogP contribution is -2.31. The summed E-state index contributed by atoms with van der Waals surface area (Å²) in [6, 6.07) is 11.5. The summed E-state index contributed by atoms with van der Waals surface area (Å²) >= 11 is 0. The first-order valence-corrected chi connectivity index (χ1v) is 9.82. The highest BCUT2D eigenvalue weighted by molar-refractivity contribution is 7.89. The Hall–Kier alpha value is -2.45. The van der Waals surface area contributed by atoms with Crippen LogP contribution in [0.4, 0.5) is 11.4 Å². The van der Waals surface area contributed by atoms with E-state index in [1.54, 1.807) is 57.2 Å². The molecule has 0 spiro atoms. The SMILES string of the molecule is CCN(CC)S(=O)(=O)c1cc(NCc2ccccc2[N+](=O)[O-])ccc1C. The number of nitrogens with one attached hydrogen (secondary N) is 1. The van der Waals surface area contributed by atoms with E-state index in [4.69, 9.17) is 0 Å². The fourth-order valence-electron chi connectivity index (χ4n) is 2.73. The van der Waals surface area contributed by atoms with Crippen LogP contribution in [0.15, 0.2) is 47.4 Å². The summed E-state index contributed by atoms with van der Waals surface area (Å²) in [6.07, 6.45) is 0. The summed E-state index contributed by atoms with van der Waals surface area (Å²) in [4.78, 5) is 10.9. The normalized spacial score (nSPS) is 11.5. The molecule has 1 N–H and O–H groups in total. The molecule has 0 saturated carbocycles. The summed E-state index contributed by atoms with van der Waals surface area (Å²) < 4.78 is 27.0. The van der Waals surface area contributed by atoms with Crippen molar-refractivity contribution >= 4 is 21.4 Å². The van der Waals surface area contributed by atoms with Crippen LogP contribution < -0.4 is 5.32 Å². The molecule has 2 aromatic rings. The van der Waals surface area contributed by atoms with Gasteiger partial charge in [-0.1, -0.05) is 38.1 Å². The van der Waals surface area contributed by atoms with Gasteiger partial charge in [-0.05, 0) is 24.6 Å². The molecular weight excluding hydrogens is 354 g/mol. The molecule has 7 nitrogen and oxygen atoms in total. The maximum atomic E-state index is 12.8. The van der Waals surface area contributed by atoms with Crippen molar-refractivity contribution in [3.8, 4) is 0 Å². The number of para-hydroxylation sites is 1. The predicted octanol–water partition coefficient (Wildman–Crippen LogP) is 3.55. The lowest BCUT2D eigenvalue weighted by Gasteiger charge is -2.20. The van der Waals surface area contributed by atoms with Gasteiger partial charge in [-0.2, -0.15) is 4.31 Å².